The first-order valence-corrected chi connectivity index (χ1v) is 18.6. The minimum Gasteiger partial charge on any atom is -0.493 e. The fourth-order valence-corrected chi connectivity index (χ4v) is 6.36. The van der Waals surface area contributed by atoms with Crippen LogP contribution in [0.3, 0.4) is 0 Å². The molecule has 16 heteroatoms. The van der Waals surface area contributed by atoms with E-state index in [0.29, 0.717) is 56.9 Å². The van der Waals surface area contributed by atoms with E-state index in [1.807, 2.05) is 12.1 Å². The van der Waals surface area contributed by atoms with E-state index >= 15 is 0 Å². The number of sulfonamides is 1. The Morgan fingerprint density at radius 3 is 2.51 bits per heavy atom. The van der Waals surface area contributed by atoms with E-state index in [2.05, 4.69) is 45.3 Å². The summed E-state index contributed by atoms with van der Waals surface area (Å²) in [6, 6.07) is 19.5. The monoisotopic (exact) mass is 795 g/mol. The molecule has 0 bridgehead atoms. The fourth-order valence-electron chi connectivity index (χ4n) is 4.54. The molecule has 0 radical (unpaired) electrons. The Morgan fingerprint density at radius 1 is 1.06 bits per heavy atom. The lowest BCUT2D eigenvalue weighted by atomic mass is 10.2. The van der Waals surface area contributed by atoms with Crippen molar-refractivity contribution in [2.45, 2.75) is 25.3 Å². The Balaban J connectivity index is 1.34. The summed E-state index contributed by atoms with van der Waals surface area (Å²) in [6.07, 6.45) is 4.73. The molecule has 1 aliphatic rings. The molecule has 2 heterocycles. The molecule has 1 saturated heterocycles. The van der Waals surface area contributed by atoms with E-state index in [9.17, 15) is 18.0 Å². The molecule has 3 N–H and O–H groups in total. The zero-order chi connectivity index (χ0) is 36.5. The Kier molecular flexibility index (Phi) is 12.4. The molecular weight excluding hydrogens is 762 g/mol. The van der Waals surface area contributed by atoms with Crippen molar-refractivity contribution in [2.75, 3.05) is 25.6 Å². The number of hydrogen-bond acceptors (Lipinski definition) is 11. The van der Waals surface area contributed by atoms with Gasteiger partial charge in [-0.05, 0) is 102 Å². The van der Waals surface area contributed by atoms with Crippen molar-refractivity contribution >= 4 is 72.7 Å². The van der Waals surface area contributed by atoms with E-state index < -0.39 is 15.9 Å². The molecule has 1 fully saturated rings. The highest BCUT2D eigenvalue weighted by Crippen LogP contribution is 2.36. The van der Waals surface area contributed by atoms with Crippen LogP contribution in [0.2, 0.25) is 0 Å². The average Bonchev–Trinajstić information content (AvgIpc) is 3.71. The van der Waals surface area contributed by atoms with Crippen LogP contribution in [0, 0.1) is 5.92 Å². The normalized spacial score (nSPS) is 14.9. The highest BCUT2D eigenvalue weighted by atomic mass is 79.9. The smallest absolute Gasteiger partial charge is 0.267 e. The first-order valence-electron chi connectivity index (χ1n) is 15.4. The molecule has 3 aromatic carbocycles. The van der Waals surface area contributed by atoms with Crippen molar-refractivity contribution in [1.82, 2.24) is 4.90 Å². The van der Waals surface area contributed by atoms with Crippen molar-refractivity contribution in [3.05, 3.63) is 105 Å². The minimum atomic E-state index is -3.86. The summed E-state index contributed by atoms with van der Waals surface area (Å²) in [4.78, 5) is 28.1. The van der Waals surface area contributed by atoms with Crippen LogP contribution in [0.25, 0.3) is 6.08 Å². The third kappa shape index (κ3) is 10.3. The lowest BCUT2D eigenvalue weighted by Gasteiger charge is -2.13. The zero-order valence-corrected chi connectivity index (χ0v) is 31.0. The van der Waals surface area contributed by atoms with Gasteiger partial charge >= 0.3 is 0 Å². The summed E-state index contributed by atoms with van der Waals surface area (Å²) < 4.78 is 46.4. The third-order valence-electron chi connectivity index (χ3n) is 6.98. The van der Waals surface area contributed by atoms with Gasteiger partial charge in [0.05, 0.1) is 42.5 Å². The zero-order valence-electron chi connectivity index (χ0n) is 27.7. The van der Waals surface area contributed by atoms with Crippen LogP contribution in [0.15, 0.2) is 108 Å². The number of halogens is 1. The van der Waals surface area contributed by atoms with E-state index in [1.165, 1.54) is 35.4 Å². The maximum Gasteiger partial charge on any atom is 0.267 e. The average molecular weight is 797 g/mol. The van der Waals surface area contributed by atoms with Crippen molar-refractivity contribution < 1.29 is 36.6 Å². The van der Waals surface area contributed by atoms with Gasteiger partial charge in [-0.25, -0.2) is 13.6 Å². The van der Waals surface area contributed by atoms with Gasteiger partial charge in [0.15, 0.2) is 23.3 Å². The number of thioether (sulfide) groups is 1. The molecule has 0 unspecified atom stereocenters. The summed E-state index contributed by atoms with van der Waals surface area (Å²) in [5, 5.41) is 16.8. The molecule has 266 valence electrons. The Bertz CT molecular complexity index is 2080. The summed E-state index contributed by atoms with van der Waals surface area (Å²) in [6.45, 7) is 4.44. The quantitative estimate of drug-likeness (QED) is 0.0849. The number of carbonyl (C=O) groups is 2. The molecule has 0 spiro atoms. The van der Waals surface area contributed by atoms with Crippen LogP contribution in [0.5, 0.6) is 17.2 Å². The summed E-state index contributed by atoms with van der Waals surface area (Å²) in [5.74, 6) is 1.62. The number of nitrogens with one attached hydrogen (secondary N) is 1. The van der Waals surface area contributed by atoms with Gasteiger partial charge in [0, 0.05) is 15.7 Å². The summed E-state index contributed by atoms with van der Waals surface area (Å²) in [7, 11) is -2.30. The summed E-state index contributed by atoms with van der Waals surface area (Å²) >= 11 is 4.59. The number of amidine groups is 1. The lowest BCUT2D eigenvalue weighted by molar-refractivity contribution is -0.122. The number of nitrogens with two attached hydrogens (primary N) is 1. The molecule has 5 rings (SSSR count). The number of anilines is 1. The van der Waals surface area contributed by atoms with Crippen LogP contribution < -0.4 is 24.7 Å². The molecule has 4 aromatic rings. The second-order valence-corrected chi connectivity index (χ2v) is 14.9. The molecule has 1 aromatic heterocycles. The maximum atomic E-state index is 13.7. The van der Waals surface area contributed by atoms with Crippen molar-refractivity contribution in [2.24, 2.45) is 21.3 Å². The van der Waals surface area contributed by atoms with Gasteiger partial charge in [-0.1, -0.05) is 29.8 Å². The highest BCUT2D eigenvalue weighted by Gasteiger charge is 2.34. The SMILES string of the molecule is COc1cc(/C=N\N=C2\S/C(=C\c3cc(Br)ccc3OCC(=O)Nc3ccc(S(N)(=O)=O)cc3)C(=O)N2Cc2ccco2)ccc1OCC(C)C. The third-order valence-corrected chi connectivity index (χ3v) is 9.40. The van der Waals surface area contributed by atoms with Gasteiger partial charge in [0.1, 0.15) is 11.5 Å². The molecular formula is C35H34BrN5O8S2. The standard InChI is InChI=1S/C35H34BrN5O8S2/c1-22(2)20-48-30-12-6-23(15-31(30)46-3)18-38-40-35-41(19-27-5-4-14-47-27)34(43)32(50-35)17-24-16-25(36)7-13-29(24)49-21-33(42)39-26-8-10-28(11-9-26)51(37,44)45/h4-18,22H,19-21H2,1-3H3,(H,39,42)(H2,37,44,45)/b32-17-,38-18-,40-35+. The largest absolute Gasteiger partial charge is 0.493 e. The number of amides is 2. The van der Waals surface area contributed by atoms with Crippen LogP contribution in [0.4, 0.5) is 5.69 Å². The number of furan rings is 1. The Hall–Kier alpha value is -4.90. The van der Waals surface area contributed by atoms with E-state index in [4.69, 9.17) is 23.8 Å². The minimum absolute atomic E-state index is 0.0789. The van der Waals surface area contributed by atoms with Crippen molar-refractivity contribution in [3.63, 3.8) is 0 Å². The van der Waals surface area contributed by atoms with Gasteiger partial charge in [0.2, 0.25) is 10.0 Å². The van der Waals surface area contributed by atoms with Crippen LogP contribution in [-0.4, -0.2) is 56.8 Å². The number of methoxy groups -OCH3 is 1. The molecule has 13 nitrogen and oxygen atoms in total. The number of primary sulfonamides is 1. The van der Waals surface area contributed by atoms with E-state index in [1.54, 1.807) is 55.8 Å². The van der Waals surface area contributed by atoms with Crippen LogP contribution in [-0.2, 0) is 26.2 Å². The van der Waals surface area contributed by atoms with Crippen molar-refractivity contribution in [1.29, 1.82) is 0 Å². The van der Waals surface area contributed by atoms with Crippen LogP contribution in [0.1, 0.15) is 30.7 Å². The number of ether oxygens (including phenoxy) is 3. The first kappa shape index (κ1) is 37.4. The lowest BCUT2D eigenvalue weighted by Crippen LogP contribution is -2.28. The Labute approximate surface area is 307 Å². The molecule has 1 aliphatic heterocycles. The number of hydrogen-bond donors (Lipinski definition) is 2. The Morgan fingerprint density at radius 2 is 1.82 bits per heavy atom. The number of carbonyl (C=O) groups excluding carboxylic acids is 2. The summed E-state index contributed by atoms with van der Waals surface area (Å²) in [5.41, 5.74) is 1.61. The predicted octanol–water partition coefficient (Wildman–Crippen LogP) is 6.26. The maximum absolute atomic E-state index is 13.7. The van der Waals surface area contributed by atoms with Gasteiger partial charge < -0.3 is 23.9 Å². The number of rotatable bonds is 14. The van der Waals surface area contributed by atoms with E-state index in [0.717, 1.165) is 21.8 Å². The first-order chi connectivity index (χ1) is 24.4. The van der Waals surface area contributed by atoms with Gasteiger partial charge in [-0.15, -0.1) is 5.10 Å². The van der Waals surface area contributed by atoms with Crippen molar-refractivity contribution in [3.8, 4) is 17.2 Å². The molecule has 0 saturated carbocycles. The molecule has 0 atom stereocenters. The van der Waals surface area contributed by atoms with Gasteiger partial charge in [0.25, 0.3) is 11.8 Å². The second-order valence-electron chi connectivity index (χ2n) is 11.4. The fraction of sp³-hybridized carbons (Fsp3) is 0.200. The predicted molar refractivity (Wildman–Crippen MR) is 199 cm³/mol. The highest BCUT2D eigenvalue weighted by molar-refractivity contribution is 9.10. The topological polar surface area (TPSA) is 175 Å². The molecule has 0 aliphatic carbocycles. The van der Waals surface area contributed by atoms with E-state index in [-0.39, 0.29) is 24.0 Å². The van der Waals surface area contributed by atoms with Gasteiger partial charge in [-0.3, -0.25) is 14.5 Å². The van der Waals surface area contributed by atoms with Crippen LogP contribution >= 0.6 is 27.7 Å². The molecule has 51 heavy (non-hydrogen) atoms. The van der Waals surface area contributed by atoms with Gasteiger partial charge in [-0.2, -0.15) is 5.10 Å². The number of benzene rings is 3. The second kappa shape index (κ2) is 16.9. The molecule has 2 amide bonds. The number of nitrogens with zero attached hydrogens (tertiary/aromatic N) is 3.